The Kier molecular flexibility index (Phi) is 4.88. The molecule has 0 aliphatic heterocycles. The molecule has 0 fully saturated rings. The minimum absolute atomic E-state index is 0.00561. The molecule has 0 saturated heterocycles. The Balaban J connectivity index is 1.59. The summed E-state index contributed by atoms with van der Waals surface area (Å²) in [5.74, 6) is -0.00561. The van der Waals surface area contributed by atoms with Gasteiger partial charge in [-0.15, -0.1) is 11.8 Å². The third kappa shape index (κ3) is 4.06. The second-order valence-electron chi connectivity index (χ2n) is 5.14. The smallest absolute Gasteiger partial charge is 0.233 e. The molecule has 4 nitrogen and oxygen atoms in total. The van der Waals surface area contributed by atoms with Crippen molar-refractivity contribution in [3.8, 4) is 0 Å². The Labute approximate surface area is 143 Å². The van der Waals surface area contributed by atoms with Gasteiger partial charge < -0.3 is 9.72 Å². The first kappa shape index (κ1) is 15.9. The van der Waals surface area contributed by atoms with Crippen molar-refractivity contribution in [3.05, 3.63) is 65.6 Å². The number of aromatic nitrogens is 2. The lowest BCUT2D eigenvalue weighted by atomic mass is 10.4. The van der Waals surface area contributed by atoms with E-state index in [2.05, 4.69) is 10.3 Å². The molecule has 6 heteroatoms. The van der Waals surface area contributed by atoms with Gasteiger partial charge in [0.1, 0.15) is 5.65 Å². The summed E-state index contributed by atoms with van der Waals surface area (Å²) in [5.41, 5.74) is 1.61. The van der Waals surface area contributed by atoms with E-state index in [0.29, 0.717) is 11.6 Å². The maximum atomic E-state index is 12.2. The van der Waals surface area contributed by atoms with E-state index in [1.165, 1.54) is 11.8 Å². The Hall–Kier alpha value is -1.98. The summed E-state index contributed by atoms with van der Waals surface area (Å²) in [6.07, 6.45) is 3.67. The molecule has 0 radical (unpaired) electrons. The van der Waals surface area contributed by atoms with Crippen molar-refractivity contribution in [2.45, 2.75) is 23.6 Å². The van der Waals surface area contributed by atoms with E-state index in [4.69, 9.17) is 11.6 Å². The lowest BCUT2D eigenvalue weighted by molar-refractivity contribution is -0.120. The molecule has 3 aromatic rings. The zero-order chi connectivity index (χ0) is 16.2. The number of hydrogen-bond acceptors (Lipinski definition) is 3. The number of hydrogen-bond donors (Lipinski definition) is 1. The molecule has 118 valence electrons. The number of carbonyl (C=O) groups excluding carboxylic acids is 1. The number of rotatable bonds is 5. The van der Waals surface area contributed by atoms with E-state index in [9.17, 15) is 4.79 Å². The van der Waals surface area contributed by atoms with Crippen LogP contribution in [-0.2, 0) is 11.3 Å². The second kappa shape index (κ2) is 7.06. The average molecular weight is 346 g/mol. The molecule has 1 unspecified atom stereocenters. The zero-order valence-corrected chi connectivity index (χ0v) is 14.1. The van der Waals surface area contributed by atoms with Crippen molar-refractivity contribution in [3.63, 3.8) is 0 Å². The number of imidazole rings is 1. The van der Waals surface area contributed by atoms with Crippen LogP contribution in [0.25, 0.3) is 5.65 Å². The van der Waals surface area contributed by atoms with Crippen LogP contribution in [0.4, 0.5) is 0 Å². The van der Waals surface area contributed by atoms with Gasteiger partial charge in [0.25, 0.3) is 0 Å². The van der Waals surface area contributed by atoms with Crippen LogP contribution >= 0.6 is 23.4 Å². The van der Waals surface area contributed by atoms with Crippen molar-refractivity contribution in [2.24, 2.45) is 0 Å². The number of pyridine rings is 1. The fraction of sp³-hybridized carbons (Fsp3) is 0.176. The van der Waals surface area contributed by atoms with Gasteiger partial charge in [0.05, 0.1) is 22.5 Å². The van der Waals surface area contributed by atoms with Gasteiger partial charge in [-0.25, -0.2) is 4.98 Å². The van der Waals surface area contributed by atoms with Crippen LogP contribution in [0.15, 0.2) is 59.8 Å². The normalized spacial score (nSPS) is 12.3. The van der Waals surface area contributed by atoms with Gasteiger partial charge in [-0.2, -0.15) is 0 Å². The van der Waals surface area contributed by atoms with Crippen LogP contribution in [0.3, 0.4) is 0 Å². The summed E-state index contributed by atoms with van der Waals surface area (Å²) in [5, 5.41) is 3.41. The molecule has 0 saturated carbocycles. The molecule has 3 rings (SSSR count). The predicted molar refractivity (Wildman–Crippen MR) is 93.8 cm³/mol. The zero-order valence-electron chi connectivity index (χ0n) is 12.6. The maximum absolute atomic E-state index is 12.2. The van der Waals surface area contributed by atoms with Crippen LogP contribution in [-0.4, -0.2) is 20.5 Å². The molecule has 1 aromatic carbocycles. The first-order chi connectivity index (χ1) is 11.1. The third-order valence-electron chi connectivity index (χ3n) is 3.33. The number of thioether (sulfide) groups is 1. The van der Waals surface area contributed by atoms with Crippen LogP contribution in [0, 0.1) is 0 Å². The van der Waals surface area contributed by atoms with Gasteiger partial charge in [-0.1, -0.05) is 29.8 Å². The molecule has 0 aliphatic carbocycles. The summed E-state index contributed by atoms with van der Waals surface area (Å²) < 4.78 is 1.85. The molecule has 2 heterocycles. The lowest BCUT2D eigenvalue weighted by Crippen LogP contribution is -2.30. The second-order valence-corrected chi connectivity index (χ2v) is 6.99. The molecule has 23 heavy (non-hydrogen) atoms. The lowest BCUT2D eigenvalue weighted by Gasteiger charge is -2.11. The Morgan fingerprint density at radius 2 is 2.04 bits per heavy atom. The minimum Gasteiger partial charge on any atom is -0.349 e. The van der Waals surface area contributed by atoms with Crippen LogP contribution in [0.2, 0.25) is 5.02 Å². The van der Waals surface area contributed by atoms with Crippen LogP contribution in [0.5, 0.6) is 0 Å². The molecule has 1 N–H and O–H groups in total. The highest BCUT2D eigenvalue weighted by Crippen LogP contribution is 2.22. The molecule has 1 atom stereocenters. The summed E-state index contributed by atoms with van der Waals surface area (Å²) in [6, 6.07) is 13.5. The Morgan fingerprint density at radius 3 is 2.83 bits per heavy atom. The van der Waals surface area contributed by atoms with E-state index in [-0.39, 0.29) is 11.2 Å². The highest BCUT2D eigenvalue weighted by molar-refractivity contribution is 8.00. The highest BCUT2D eigenvalue weighted by atomic mass is 35.5. The number of fused-ring (bicyclic) bond motifs is 1. The van der Waals surface area contributed by atoms with Gasteiger partial charge in [0.15, 0.2) is 0 Å². The van der Waals surface area contributed by atoms with E-state index < -0.39 is 0 Å². The summed E-state index contributed by atoms with van der Waals surface area (Å²) >= 11 is 7.49. The van der Waals surface area contributed by atoms with E-state index in [0.717, 1.165) is 16.2 Å². The number of carbonyl (C=O) groups is 1. The number of nitrogens with zero attached hydrogens (tertiary/aromatic N) is 2. The van der Waals surface area contributed by atoms with Crippen molar-refractivity contribution < 1.29 is 4.79 Å². The topological polar surface area (TPSA) is 46.4 Å². The van der Waals surface area contributed by atoms with Crippen molar-refractivity contribution in [1.82, 2.24) is 14.7 Å². The number of nitrogens with one attached hydrogen (secondary N) is 1. The van der Waals surface area contributed by atoms with Crippen LogP contribution in [0.1, 0.15) is 12.6 Å². The number of halogens is 1. The maximum Gasteiger partial charge on any atom is 0.233 e. The molecule has 0 aliphatic rings. The first-order valence-corrected chi connectivity index (χ1v) is 8.50. The monoisotopic (exact) mass is 345 g/mol. The Morgan fingerprint density at radius 1 is 1.26 bits per heavy atom. The fourth-order valence-corrected chi connectivity index (χ4v) is 3.26. The average Bonchev–Trinajstić information content (AvgIpc) is 2.95. The molecule has 2 aromatic heterocycles. The standard InChI is InChI=1S/C17H16ClN3OS/c1-12(23-15-5-3-2-4-6-15)17(22)19-9-14-11-21-10-13(18)7-8-16(21)20-14/h2-8,10-12H,9H2,1H3,(H,19,22). The van der Waals surface area contributed by atoms with Gasteiger partial charge in [0.2, 0.25) is 5.91 Å². The molecular formula is C17H16ClN3OS. The van der Waals surface area contributed by atoms with Gasteiger partial charge in [-0.3, -0.25) is 4.79 Å². The summed E-state index contributed by atoms with van der Waals surface area (Å²) in [6.45, 7) is 2.30. The SMILES string of the molecule is CC(Sc1ccccc1)C(=O)NCc1cn2cc(Cl)ccc2n1. The van der Waals surface area contributed by atoms with Crippen LogP contribution < -0.4 is 5.32 Å². The van der Waals surface area contributed by atoms with E-state index in [1.807, 2.05) is 53.9 Å². The highest BCUT2D eigenvalue weighted by Gasteiger charge is 2.14. The van der Waals surface area contributed by atoms with Gasteiger partial charge >= 0.3 is 0 Å². The molecule has 0 spiro atoms. The Bertz CT molecular complexity index is 819. The van der Waals surface area contributed by atoms with E-state index >= 15 is 0 Å². The van der Waals surface area contributed by atoms with Gasteiger partial charge in [0, 0.05) is 17.3 Å². The summed E-state index contributed by atoms with van der Waals surface area (Å²) in [4.78, 5) is 17.7. The molecule has 0 bridgehead atoms. The fourth-order valence-electron chi connectivity index (χ4n) is 2.18. The van der Waals surface area contributed by atoms with Crippen molar-refractivity contribution >= 4 is 34.9 Å². The quantitative estimate of drug-likeness (QED) is 0.716. The predicted octanol–water partition coefficient (Wildman–Crippen LogP) is 3.78. The molecule has 1 amide bonds. The third-order valence-corrected chi connectivity index (χ3v) is 4.67. The molecular weight excluding hydrogens is 330 g/mol. The number of benzene rings is 1. The first-order valence-electron chi connectivity index (χ1n) is 7.24. The summed E-state index contributed by atoms with van der Waals surface area (Å²) in [7, 11) is 0. The largest absolute Gasteiger partial charge is 0.349 e. The van der Waals surface area contributed by atoms with Crippen molar-refractivity contribution in [1.29, 1.82) is 0 Å². The van der Waals surface area contributed by atoms with Gasteiger partial charge in [-0.05, 0) is 31.2 Å². The van der Waals surface area contributed by atoms with Crippen molar-refractivity contribution in [2.75, 3.05) is 0 Å². The van der Waals surface area contributed by atoms with E-state index in [1.54, 1.807) is 12.3 Å². The minimum atomic E-state index is -0.163. The number of amides is 1.